The molecule has 14 heavy (non-hydrogen) atoms. The molecule has 1 heterocycles. The average molecular weight is 215 g/mol. The van der Waals surface area contributed by atoms with Gasteiger partial charge in [0, 0.05) is 5.56 Å². The highest BCUT2D eigenvalue weighted by molar-refractivity contribution is 6.32. The summed E-state index contributed by atoms with van der Waals surface area (Å²) in [5.41, 5.74) is 1.67. The van der Waals surface area contributed by atoms with E-state index in [1.807, 2.05) is 6.92 Å². The molecule has 2 rings (SSSR count). The molecule has 0 bridgehead atoms. The van der Waals surface area contributed by atoms with E-state index < -0.39 is 0 Å². The summed E-state index contributed by atoms with van der Waals surface area (Å²) in [5, 5.41) is 9.58. The van der Waals surface area contributed by atoms with Crippen LogP contribution in [0, 0.1) is 6.92 Å². The first-order chi connectivity index (χ1) is 6.74. The molecule has 1 aromatic rings. The highest BCUT2D eigenvalue weighted by Crippen LogP contribution is 2.41. The van der Waals surface area contributed by atoms with E-state index in [1.165, 1.54) is 0 Å². The Hall–Kier alpha value is -0.930. The zero-order valence-electron chi connectivity index (χ0n) is 7.84. The van der Waals surface area contributed by atoms with E-state index in [4.69, 9.17) is 26.2 Å². The van der Waals surface area contributed by atoms with Gasteiger partial charge < -0.3 is 14.6 Å². The standard InChI is InChI=1S/C10H11ClO3/c1-6-7(5-12)4-8(11)10-9(6)13-2-3-14-10/h4,12H,2-3,5H2,1H3. The Labute approximate surface area is 87.2 Å². The van der Waals surface area contributed by atoms with Crippen molar-refractivity contribution in [3.63, 3.8) is 0 Å². The zero-order chi connectivity index (χ0) is 10.1. The van der Waals surface area contributed by atoms with Gasteiger partial charge in [0.25, 0.3) is 0 Å². The third kappa shape index (κ3) is 1.42. The van der Waals surface area contributed by atoms with Crippen LogP contribution in [0.4, 0.5) is 0 Å². The summed E-state index contributed by atoms with van der Waals surface area (Å²) in [6.45, 7) is 2.89. The van der Waals surface area contributed by atoms with Crippen LogP contribution in [0.3, 0.4) is 0 Å². The van der Waals surface area contributed by atoms with E-state index >= 15 is 0 Å². The topological polar surface area (TPSA) is 38.7 Å². The van der Waals surface area contributed by atoms with Crippen molar-refractivity contribution in [2.24, 2.45) is 0 Å². The molecule has 0 fully saturated rings. The normalized spacial score (nSPS) is 14.2. The van der Waals surface area contributed by atoms with Gasteiger partial charge >= 0.3 is 0 Å². The van der Waals surface area contributed by atoms with Crippen LogP contribution in [0.25, 0.3) is 0 Å². The summed E-state index contributed by atoms with van der Waals surface area (Å²) in [7, 11) is 0. The van der Waals surface area contributed by atoms with E-state index in [9.17, 15) is 0 Å². The second-order valence-corrected chi connectivity index (χ2v) is 3.56. The first kappa shape index (κ1) is 9.62. The molecule has 1 aliphatic rings. The molecule has 0 unspecified atom stereocenters. The van der Waals surface area contributed by atoms with Crippen molar-refractivity contribution in [1.29, 1.82) is 0 Å². The number of aliphatic hydroxyl groups excluding tert-OH is 1. The summed E-state index contributed by atoms with van der Waals surface area (Å²) < 4.78 is 10.9. The van der Waals surface area contributed by atoms with Crippen molar-refractivity contribution >= 4 is 11.6 Å². The first-order valence-electron chi connectivity index (χ1n) is 4.42. The molecule has 0 aliphatic carbocycles. The largest absolute Gasteiger partial charge is 0.486 e. The molecule has 1 N–H and O–H groups in total. The van der Waals surface area contributed by atoms with Crippen molar-refractivity contribution in [3.8, 4) is 11.5 Å². The smallest absolute Gasteiger partial charge is 0.180 e. The number of hydrogen-bond donors (Lipinski definition) is 1. The molecule has 0 saturated carbocycles. The molecule has 0 saturated heterocycles. The third-order valence-corrected chi connectivity index (χ3v) is 2.57. The first-order valence-corrected chi connectivity index (χ1v) is 4.80. The quantitative estimate of drug-likeness (QED) is 0.776. The van der Waals surface area contributed by atoms with Crippen LogP contribution < -0.4 is 9.47 Å². The molecule has 1 aromatic carbocycles. The number of benzene rings is 1. The Morgan fingerprint density at radius 2 is 2.00 bits per heavy atom. The van der Waals surface area contributed by atoms with E-state index in [0.29, 0.717) is 29.7 Å². The molecule has 76 valence electrons. The highest BCUT2D eigenvalue weighted by Gasteiger charge is 2.20. The van der Waals surface area contributed by atoms with Gasteiger partial charge in [-0.1, -0.05) is 11.6 Å². The number of fused-ring (bicyclic) bond motifs is 1. The highest BCUT2D eigenvalue weighted by atomic mass is 35.5. The van der Waals surface area contributed by atoms with E-state index in [-0.39, 0.29) is 6.61 Å². The summed E-state index contributed by atoms with van der Waals surface area (Å²) in [5.74, 6) is 1.25. The van der Waals surface area contributed by atoms with Crippen molar-refractivity contribution in [1.82, 2.24) is 0 Å². The molecule has 0 aromatic heterocycles. The van der Waals surface area contributed by atoms with Crippen LogP contribution in [-0.2, 0) is 6.61 Å². The minimum absolute atomic E-state index is 0.0395. The Morgan fingerprint density at radius 1 is 1.36 bits per heavy atom. The lowest BCUT2D eigenvalue weighted by atomic mass is 10.1. The van der Waals surface area contributed by atoms with E-state index in [1.54, 1.807) is 6.07 Å². The number of halogens is 1. The Morgan fingerprint density at radius 3 is 2.64 bits per heavy atom. The SMILES string of the molecule is Cc1c(CO)cc(Cl)c2c1OCCO2. The zero-order valence-corrected chi connectivity index (χ0v) is 8.60. The molecule has 0 amide bonds. The number of rotatable bonds is 1. The summed E-state index contributed by atoms with van der Waals surface area (Å²) in [6, 6.07) is 1.71. The van der Waals surface area contributed by atoms with Gasteiger partial charge in [0.2, 0.25) is 0 Å². The van der Waals surface area contributed by atoms with Crippen LogP contribution in [0.5, 0.6) is 11.5 Å². The van der Waals surface area contributed by atoms with Crippen LogP contribution in [0.1, 0.15) is 11.1 Å². The van der Waals surface area contributed by atoms with Crippen LogP contribution in [0.2, 0.25) is 5.02 Å². The lowest BCUT2D eigenvalue weighted by molar-refractivity contribution is 0.169. The Bertz CT molecular complexity index is 363. The maximum Gasteiger partial charge on any atom is 0.180 e. The molecule has 0 radical (unpaired) electrons. The lowest BCUT2D eigenvalue weighted by Gasteiger charge is -2.22. The minimum Gasteiger partial charge on any atom is -0.486 e. The van der Waals surface area contributed by atoms with Crippen molar-refractivity contribution in [2.45, 2.75) is 13.5 Å². The van der Waals surface area contributed by atoms with E-state index in [0.717, 1.165) is 11.1 Å². The Balaban J connectivity index is 2.58. The van der Waals surface area contributed by atoms with Crippen LogP contribution in [-0.4, -0.2) is 18.3 Å². The van der Waals surface area contributed by atoms with Gasteiger partial charge in [0.1, 0.15) is 13.2 Å². The molecule has 4 heteroatoms. The number of aliphatic hydroxyl groups is 1. The Kier molecular flexibility index (Phi) is 2.52. The number of ether oxygens (including phenoxy) is 2. The third-order valence-electron chi connectivity index (χ3n) is 2.29. The van der Waals surface area contributed by atoms with Crippen molar-refractivity contribution in [2.75, 3.05) is 13.2 Å². The molecule has 0 spiro atoms. The molecule has 1 aliphatic heterocycles. The fraction of sp³-hybridized carbons (Fsp3) is 0.400. The summed E-state index contributed by atoms with van der Waals surface area (Å²) in [4.78, 5) is 0. The van der Waals surface area contributed by atoms with Gasteiger partial charge in [-0.15, -0.1) is 0 Å². The second-order valence-electron chi connectivity index (χ2n) is 3.16. The van der Waals surface area contributed by atoms with Gasteiger partial charge in [0.05, 0.1) is 11.6 Å². The summed E-state index contributed by atoms with van der Waals surface area (Å²) >= 11 is 5.98. The van der Waals surface area contributed by atoms with Crippen molar-refractivity contribution in [3.05, 3.63) is 22.2 Å². The van der Waals surface area contributed by atoms with Gasteiger partial charge in [0.15, 0.2) is 11.5 Å². The maximum absolute atomic E-state index is 9.09. The van der Waals surface area contributed by atoms with E-state index in [2.05, 4.69) is 0 Å². The molecular formula is C10H11ClO3. The fourth-order valence-electron chi connectivity index (χ4n) is 1.51. The molecular weight excluding hydrogens is 204 g/mol. The predicted molar refractivity (Wildman–Crippen MR) is 53.1 cm³/mol. The maximum atomic E-state index is 9.09. The summed E-state index contributed by atoms with van der Waals surface area (Å²) in [6.07, 6.45) is 0. The van der Waals surface area contributed by atoms with Gasteiger partial charge in [-0.25, -0.2) is 0 Å². The molecule has 0 atom stereocenters. The minimum atomic E-state index is -0.0395. The van der Waals surface area contributed by atoms with Gasteiger partial charge in [-0.3, -0.25) is 0 Å². The molecule has 3 nitrogen and oxygen atoms in total. The van der Waals surface area contributed by atoms with Crippen LogP contribution in [0.15, 0.2) is 6.07 Å². The van der Waals surface area contributed by atoms with Gasteiger partial charge in [-0.05, 0) is 18.6 Å². The monoisotopic (exact) mass is 214 g/mol. The van der Waals surface area contributed by atoms with Gasteiger partial charge in [-0.2, -0.15) is 0 Å². The average Bonchev–Trinajstić information content (AvgIpc) is 2.23. The van der Waals surface area contributed by atoms with Crippen molar-refractivity contribution < 1.29 is 14.6 Å². The number of hydrogen-bond acceptors (Lipinski definition) is 3. The van der Waals surface area contributed by atoms with Crippen LogP contribution >= 0.6 is 11.6 Å². The predicted octanol–water partition coefficient (Wildman–Crippen LogP) is 1.91. The lowest BCUT2D eigenvalue weighted by Crippen LogP contribution is -2.17. The fourth-order valence-corrected chi connectivity index (χ4v) is 1.78. The second kappa shape index (κ2) is 3.67.